The van der Waals surface area contributed by atoms with Crippen LogP contribution in [0.1, 0.15) is 31.7 Å². The largest absolute Gasteiger partial charge is 0.481 e. The number of hydrogen-bond acceptors (Lipinski definition) is 5. The summed E-state index contributed by atoms with van der Waals surface area (Å²) in [7, 11) is 1.58. The van der Waals surface area contributed by atoms with Gasteiger partial charge in [-0.2, -0.15) is 9.97 Å². The highest BCUT2D eigenvalue weighted by Crippen LogP contribution is 2.26. The lowest BCUT2D eigenvalue weighted by Gasteiger charge is -2.34. The first-order valence-electron chi connectivity index (χ1n) is 9.04. The Labute approximate surface area is 164 Å². The van der Waals surface area contributed by atoms with Gasteiger partial charge in [-0.1, -0.05) is 12.1 Å². The van der Waals surface area contributed by atoms with E-state index in [2.05, 4.69) is 32.4 Å². The minimum atomic E-state index is -0.260. The first kappa shape index (κ1) is 19.3. The zero-order valence-corrected chi connectivity index (χ0v) is 16.4. The molecule has 0 bridgehead atoms. The molecule has 1 aliphatic rings. The number of aromatic nitrogens is 2. The van der Waals surface area contributed by atoms with Crippen molar-refractivity contribution in [3.63, 3.8) is 0 Å². The lowest BCUT2D eigenvalue weighted by molar-refractivity contribution is 0.396. The molecule has 0 radical (unpaired) electrons. The van der Waals surface area contributed by atoms with E-state index in [-0.39, 0.29) is 5.82 Å². The summed E-state index contributed by atoms with van der Waals surface area (Å²) in [5.74, 6) is 1.45. The Morgan fingerprint density at radius 2 is 2.07 bits per heavy atom. The van der Waals surface area contributed by atoms with Crippen molar-refractivity contribution < 1.29 is 9.13 Å². The molecule has 1 unspecified atom stereocenters. The maximum absolute atomic E-state index is 13.0. The SMILES string of the molecule is COc1cc(N2CCCCC2C)nc(NC(=S)NCc2ccc(F)cc2)n1. The maximum atomic E-state index is 13.0. The number of methoxy groups -OCH3 is 1. The summed E-state index contributed by atoms with van der Waals surface area (Å²) in [5.41, 5.74) is 0.926. The van der Waals surface area contributed by atoms with Crippen molar-refractivity contribution in [1.29, 1.82) is 0 Å². The second-order valence-electron chi connectivity index (χ2n) is 6.56. The molecule has 0 amide bonds. The number of nitrogens with one attached hydrogen (secondary N) is 2. The summed E-state index contributed by atoms with van der Waals surface area (Å²) in [6.45, 7) is 3.65. The zero-order chi connectivity index (χ0) is 19.2. The molecular formula is C19H24FN5OS. The molecule has 2 heterocycles. The maximum Gasteiger partial charge on any atom is 0.234 e. The Balaban J connectivity index is 1.67. The van der Waals surface area contributed by atoms with Crippen LogP contribution in [-0.4, -0.2) is 34.8 Å². The van der Waals surface area contributed by atoms with Crippen LogP contribution in [0.2, 0.25) is 0 Å². The minimum absolute atomic E-state index is 0.260. The third kappa shape index (κ3) is 5.26. The summed E-state index contributed by atoms with van der Waals surface area (Å²) in [5, 5.41) is 6.48. The summed E-state index contributed by atoms with van der Waals surface area (Å²) in [6, 6.07) is 8.54. The van der Waals surface area contributed by atoms with Gasteiger partial charge in [0.2, 0.25) is 11.8 Å². The smallest absolute Gasteiger partial charge is 0.234 e. The second kappa shape index (κ2) is 8.94. The van der Waals surface area contributed by atoms with Crippen molar-refractivity contribution in [1.82, 2.24) is 15.3 Å². The van der Waals surface area contributed by atoms with Crippen LogP contribution in [0, 0.1) is 5.82 Å². The number of nitrogens with zero attached hydrogens (tertiary/aromatic N) is 3. The standard InChI is InChI=1S/C19H24FN5OS/c1-13-5-3-4-10-25(13)16-11-17(26-2)23-18(22-16)24-19(27)21-12-14-6-8-15(20)9-7-14/h6-9,11,13H,3-5,10,12H2,1-2H3,(H2,21,22,23,24,27). The molecule has 1 aromatic heterocycles. The summed E-state index contributed by atoms with van der Waals surface area (Å²) >= 11 is 5.33. The lowest BCUT2D eigenvalue weighted by Crippen LogP contribution is -2.38. The highest BCUT2D eigenvalue weighted by atomic mass is 32.1. The van der Waals surface area contributed by atoms with E-state index in [1.54, 1.807) is 19.2 Å². The number of rotatable bonds is 5. The van der Waals surface area contributed by atoms with Crippen LogP contribution in [0.15, 0.2) is 30.3 Å². The molecule has 3 rings (SSSR count). The summed E-state index contributed by atoms with van der Waals surface area (Å²) < 4.78 is 18.3. The molecule has 8 heteroatoms. The van der Waals surface area contributed by atoms with Gasteiger partial charge in [0.15, 0.2) is 5.11 Å². The molecule has 1 aliphatic heterocycles. The molecule has 2 N–H and O–H groups in total. The van der Waals surface area contributed by atoms with E-state index in [0.29, 0.717) is 29.5 Å². The van der Waals surface area contributed by atoms with Gasteiger partial charge in [0.05, 0.1) is 7.11 Å². The fourth-order valence-corrected chi connectivity index (χ4v) is 3.25. The van der Waals surface area contributed by atoms with Crippen LogP contribution in [0.4, 0.5) is 16.2 Å². The van der Waals surface area contributed by atoms with Gasteiger partial charge in [-0.3, -0.25) is 0 Å². The van der Waals surface area contributed by atoms with Crippen LogP contribution in [0.5, 0.6) is 5.88 Å². The monoisotopic (exact) mass is 389 g/mol. The van der Waals surface area contributed by atoms with Gasteiger partial charge in [0, 0.05) is 25.2 Å². The quantitative estimate of drug-likeness (QED) is 0.759. The van der Waals surface area contributed by atoms with Crippen molar-refractivity contribution in [3.8, 4) is 5.88 Å². The molecule has 27 heavy (non-hydrogen) atoms. The average molecular weight is 390 g/mol. The number of piperidine rings is 1. The number of ether oxygens (including phenoxy) is 1. The zero-order valence-electron chi connectivity index (χ0n) is 15.5. The molecule has 2 aromatic rings. The molecule has 0 saturated carbocycles. The normalized spacial score (nSPS) is 16.7. The fraction of sp³-hybridized carbons (Fsp3) is 0.421. The Hall–Kier alpha value is -2.48. The van der Waals surface area contributed by atoms with Gasteiger partial charge >= 0.3 is 0 Å². The Bertz CT molecular complexity index is 786. The molecule has 1 aromatic carbocycles. The van der Waals surface area contributed by atoms with Crippen molar-refractivity contribution in [3.05, 3.63) is 41.7 Å². The molecule has 6 nitrogen and oxygen atoms in total. The summed E-state index contributed by atoms with van der Waals surface area (Å²) in [6.07, 6.45) is 3.53. The third-order valence-electron chi connectivity index (χ3n) is 4.59. The number of benzene rings is 1. The van der Waals surface area contributed by atoms with Gasteiger partial charge in [-0.15, -0.1) is 0 Å². The van der Waals surface area contributed by atoms with Gasteiger partial charge in [0.25, 0.3) is 0 Å². The van der Waals surface area contributed by atoms with E-state index in [1.165, 1.54) is 18.6 Å². The van der Waals surface area contributed by atoms with Crippen molar-refractivity contribution in [2.24, 2.45) is 0 Å². The number of thiocarbonyl (C=S) groups is 1. The van der Waals surface area contributed by atoms with Crippen molar-refractivity contribution >= 4 is 29.1 Å². The lowest BCUT2D eigenvalue weighted by atomic mass is 10.0. The van der Waals surface area contributed by atoms with E-state index in [0.717, 1.165) is 30.8 Å². The van der Waals surface area contributed by atoms with E-state index >= 15 is 0 Å². The van der Waals surface area contributed by atoms with Crippen LogP contribution in [0.25, 0.3) is 0 Å². The van der Waals surface area contributed by atoms with Crippen molar-refractivity contribution in [2.75, 3.05) is 23.9 Å². The Morgan fingerprint density at radius 3 is 2.78 bits per heavy atom. The highest BCUT2D eigenvalue weighted by Gasteiger charge is 2.21. The predicted octanol–water partition coefficient (Wildman–Crippen LogP) is 3.49. The third-order valence-corrected chi connectivity index (χ3v) is 4.83. The number of halogens is 1. The molecule has 1 saturated heterocycles. The minimum Gasteiger partial charge on any atom is -0.481 e. The van der Waals surface area contributed by atoms with Crippen LogP contribution in [-0.2, 0) is 6.54 Å². The molecular weight excluding hydrogens is 365 g/mol. The van der Waals surface area contributed by atoms with E-state index in [9.17, 15) is 4.39 Å². The predicted molar refractivity (Wildman–Crippen MR) is 109 cm³/mol. The molecule has 0 spiro atoms. The van der Waals surface area contributed by atoms with Crippen LogP contribution >= 0.6 is 12.2 Å². The highest BCUT2D eigenvalue weighted by molar-refractivity contribution is 7.80. The van der Waals surface area contributed by atoms with Gasteiger partial charge in [0.1, 0.15) is 11.6 Å². The summed E-state index contributed by atoms with van der Waals surface area (Å²) in [4.78, 5) is 11.2. The Morgan fingerprint density at radius 1 is 1.30 bits per heavy atom. The van der Waals surface area contributed by atoms with Gasteiger partial charge in [-0.05, 0) is 56.1 Å². The first-order chi connectivity index (χ1) is 13.0. The molecule has 0 aliphatic carbocycles. The second-order valence-corrected chi connectivity index (χ2v) is 6.97. The molecule has 144 valence electrons. The Kier molecular flexibility index (Phi) is 6.39. The first-order valence-corrected chi connectivity index (χ1v) is 9.45. The average Bonchev–Trinajstić information content (AvgIpc) is 2.67. The van der Waals surface area contributed by atoms with E-state index in [1.807, 2.05) is 6.07 Å². The number of anilines is 2. The van der Waals surface area contributed by atoms with Crippen LogP contribution < -0.4 is 20.3 Å². The topological polar surface area (TPSA) is 62.3 Å². The van der Waals surface area contributed by atoms with E-state index in [4.69, 9.17) is 17.0 Å². The molecule has 1 fully saturated rings. The fourth-order valence-electron chi connectivity index (χ4n) is 3.09. The number of hydrogen-bond donors (Lipinski definition) is 2. The van der Waals surface area contributed by atoms with Crippen LogP contribution in [0.3, 0.4) is 0 Å². The van der Waals surface area contributed by atoms with E-state index < -0.39 is 0 Å². The van der Waals surface area contributed by atoms with Gasteiger partial charge < -0.3 is 20.3 Å². The molecule has 1 atom stereocenters. The van der Waals surface area contributed by atoms with Crippen molar-refractivity contribution in [2.45, 2.75) is 38.8 Å². The van der Waals surface area contributed by atoms with Gasteiger partial charge in [-0.25, -0.2) is 4.39 Å².